The predicted molar refractivity (Wildman–Crippen MR) is 120 cm³/mol. The summed E-state index contributed by atoms with van der Waals surface area (Å²) in [6.45, 7) is 2.21. The normalized spacial score (nSPS) is 24.8. The number of carbonyl (C=O) groups excluding carboxylic acids is 2. The molecule has 0 aliphatic carbocycles. The molecular weight excluding hydrogens is 420 g/mol. The van der Waals surface area contributed by atoms with Crippen LogP contribution < -0.4 is 21.1 Å². The molecule has 3 heterocycles. The van der Waals surface area contributed by atoms with Crippen molar-refractivity contribution in [2.45, 2.75) is 24.0 Å². The SMILES string of the molecule is O=C(NNC(=O)[C@H]1C2CC[NH+](CC2)[C@@H]1SCc1ccc(Cl)cc1)Nc1ccccc1. The molecule has 0 aromatic heterocycles. The monoisotopic (exact) mass is 445 g/mol. The van der Waals surface area contributed by atoms with Crippen molar-refractivity contribution in [2.75, 3.05) is 18.4 Å². The molecule has 158 valence electrons. The molecule has 2 aromatic carbocycles. The maximum Gasteiger partial charge on any atom is 0.337 e. The van der Waals surface area contributed by atoms with E-state index >= 15 is 0 Å². The van der Waals surface area contributed by atoms with Crippen molar-refractivity contribution in [3.05, 3.63) is 65.2 Å². The van der Waals surface area contributed by atoms with E-state index in [1.807, 2.05) is 54.2 Å². The fourth-order valence-electron chi connectivity index (χ4n) is 4.38. The summed E-state index contributed by atoms with van der Waals surface area (Å²) >= 11 is 7.81. The Morgan fingerprint density at radius 3 is 2.40 bits per heavy atom. The van der Waals surface area contributed by atoms with Crippen molar-refractivity contribution in [3.8, 4) is 0 Å². The van der Waals surface area contributed by atoms with Gasteiger partial charge in [-0.3, -0.25) is 10.2 Å². The number of rotatable bonds is 5. The number of benzene rings is 2. The number of urea groups is 1. The summed E-state index contributed by atoms with van der Waals surface area (Å²) in [6, 6.07) is 16.6. The Bertz CT molecular complexity index is 872. The number of piperidine rings is 3. The lowest BCUT2D eigenvalue weighted by Gasteiger charge is -2.46. The molecule has 3 aliphatic rings. The van der Waals surface area contributed by atoms with Crippen LogP contribution in [0.15, 0.2) is 54.6 Å². The summed E-state index contributed by atoms with van der Waals surface area (Å²) in [4.78, 5) is 26.6. The molecule has 0 saturated carbocycles. The third-order valence-corrected chi connectivity index (χ3v) is 7.62. The number of anilines is 1. The minimum absolute atomic E-state index is 0.103. The van der Waals surface area contributed by atoms with Crippen molar-refractivity contribution in [1.29, 1.82) is 0 Å². The van der Waals surface area contributed by atoms with Gasteiger partial charge in [0.2, 0.25) is 5.91 Å². The number of fused-ring (bicyclic) bond motifs is 3. The topological polar surface area (TPSA) is 74.7 Å². The molecule has 3 fully saturated rings. The van der Waals surface area contributed by atoms with Gasteiger partial charge in [-0.05, 0) is 35.7 Å². The molecule has 30 heavy (non-hydrogen) atoms. The Balaban J connectivity index is 1.35. The molecule has 2 aromatic rings. The van der Waals surface area contributed by atoms with Gasteiger partial charge >= 0.3 is 6.03 Å². The summed E-state index contributed by atoms with van der Waals surface area (Å²) in [5.74, 6) is 0.985. The molecule has 4 N–H and O–H groups in total. The Morgan fingerprint density at radius 2 is 1.70 bits per heavy atom. The molecular formula is C22H26ClN4O2S+. The van der Waals surface area contributed by atoms with Crippen LogP contribution in [0.4, 0.5) is 10.5 Å². The summed E-state index contributed by atoms with van der Waals surface area (Å²) in [5.41, 5.74) is 7.03. The van der Waals surface area contributed by atoms with Crippen LogP contribution in [-0.4, -0.2) is 30.4 Å². The minimum Gasteiger partial charge on any atom is -0.323 e. The van der Waals surface area contributed by atoms with Crippen LogP contribution >= 0.6 is 23.4 Å². The Kier molecular flexibility index (Phi) is 6.82. The van der Waals surface area contributed by atoms with E-state index in [-0.39, 0.29) is 17.2 Å². The van der Waals surface area contributed by atoms with E-state index in [1.165, 1.54) is 10.5 Å². The number of thioether (sulfide) groups is 1. The average molecular weight is 446 g/mol. The van der Waals surface area contributed by atoms with Crippen molar-refractivity contribution >= 4 is 41.0 Å². The number of hydrogen-bond donors (Lipinski definition) is 4. The first-order valence-corrected chi connectivity index (χ1v) is 11.7. The van der Waals surface area contributed by atoms with Gasteiger partial charge in [0.25, 0.3) is 0 Å². The zero-order valence-electron chi connectivity index (χ0n) is 16.6. The summed E-state index contributed by atoms with van der Waals surface area (Å²) < 4.78 is 0. The van der Waals surface area contributed by atoms with E-state index in [0.29, 0.717) is 11.6 Å². The predicted octanol–water partition coefficient (Wildman–Crippen LogP) is 2.68. The lowest BCUT2D eigenvalue weighted by Crippen LogP contribution is -3.19. The minimum atomic E-state index is -0.450. The second-order valence-electron chi connectivity index (χ2n) is 7.81. The summed E-state index contributed by atoms with van der Waals surface area (Å²) in [5, 5.41) is 3.63. The number of carbonyl (C=O) groups is 2. The molecule has 3 amide bonds. The van der Waals surface area contributed by atoms with E-state index in [1.54, 1.807) is 12.1 Å². The van der Waals surface area contributed by atoms with E-state index in [0.717, 1.165) is 36.7 Å². The fourth-order valence-corrected chi connectivity index (χ4v) is 6.10. The van der Waals surface area contributed by atoms with E-state index in [2.05, 4.69) is 16.2 Å². The van der Waals surface area contributed by atoms with Gasteiger partial charge in [0.15, 0.2) is 0 Å². The van der Waals surface area contributed by atoms with Crippen LogP contribution in [0.3, 0.4) is 0 Å². The van der Waals surface area contributed by atoms with Crippen molar-refractivity contribution in [2.24, 2.45) is 11.8 Å². The van der Waals surface area contributed by atoms with Crippen molar-refractivity contribution < 1.29 is 14.5 Å². The Morgan fingerprint density at radius 1 is 1.00 bits per heavy atom. The second-order valence-corrected chi connectivity index (χ2v) is 9.38. The van der Waals surface area contributed by atoms with Gasteiger partial charge in [0, 0.05) is 29.3 Å². The lowest BCUT2D eigenvalue weighted by atomic mass is 9.78. The standard InChI is InChI=1S/C22H25ClN4O2S/c23-17-8-6-15(7-9-17)14-30-21-19(16-10-12-27(21)13-11-16)20(28)25-26-22(29)24-18-4-2-1-3-5-18/h1-9,16,19,21H,10-14H2,(H,25,28)(H2,24,26,29)/p+1/t19-,21-/m1/s1. The lowest BCUT2D eigenvalue weighted by molar-refractivity contribution is -0.930. The number of para-hydroxylation sites is 1. The zero-order chi connectivity index (χ0) is 20.9. The van der Waals surface area contributed by atoms with Gasteiger partial charge in [-0.1, -0.05) is 53.7 Å². The molecule has 3 aliphatic heterocycles. The number of hydrazine groups is 1. The summed E-state index contributed by atoms with van der Waals surface area (Å²) in [7, 11) is 0. The Labute approximate surface area is 185 Å². The molecule has 0 unspecified atom stereocenters. The largest absolute Gasteiger partial charge is 0.337 e. The molecule has 0 spiro atoms. The van der Waals surface area contributed by atoms with Crippen LogP contribution in [0.25, 0.3) is 0 Å². The van der Waals surface area contributed by atoms with Gasteiger partial charge < -0.3 is 10.2 Å². The van der Waals surface area contributed by atoms with Crippen molar-refractivity contribution in [3.63, 3.8) is 0 Å². The first-order chi connectivity index (χ1) is 14.6. The van der Waals surface area contributed by atoms with Crippen LogP contribution in [0.5, 0.6) is 0 Å². The fraction of sp³-hybridized carbons (Fsp3) is 0.364. The first kappa shape index (κ1) is 21.0. The highest BCUT2D eigenvalue weighted by molar-refractivity contribution is 7.98. The smallest absolute Gasteiger partial charge is 0.323 e. The highest BCUT2D eigenvalue weighted by atomic mass is 35.5. The Hall–Kier alpha value is -2.22. The number of hydrogen-bond acceptors (Lipinski definition) is 3. The summed E-state index contributed by atoms with van der Waals surface area (Å²) in [6.07, 6.45) is 2.11. The van der Waals surface area contributed by atoms with E-state index < -0.39 is 6.03 Å². The van der Waals surface area contributed by atoms with E-state index in [4.69, 9.17) is 11.6 Å². The average Bonchev–Trinajstić information content (AvgIpc) is 2.78. The molecule has 2 atom stereocenters. The number of amides is 3. The maximum atomic E-state index is 13.0. The van der Waals surface area contributed by atoms with Gasteiger partial charge in [0.1, 0.15) is 11.3 Å². The molecule has 2 bridgehead atoms. The molecule has 8 heteroatoms. The van der Waals surface area contributed by atoms with Gasteiger partial charge in [0.05, 0.1) is 13.1 Å². The third-order valence-electron chi connectivity index (χ3n) is 5.89. The second kappa shape index (κ2) is 9.73. The first-order valence-electron chi connectivity index (χ1n) is 10.2. The zero-order valence-corrected chi connectivity index (χ0v) is 18.1. The highest BCUT2D eigenvalue weighted by Gasteiger charge is 2.49. The quantitative estimate of drug-likeness (QED) is 0.534. The number of halogens is 1. The van der Waals surface area contributed by atoms with Crippen LogP contribution in [0.2, 0.25) is 5.02 Å². The number of nitrogens with one attached hydrogen (secondary N) is 4. The highest BCUT2D eigenvalue weighted by Crippen LogP contribution is 2.34. The van der Waals surface area contributed by atoms with Gasteiger partial charge in [-0.25, -0.2) is 10.2 Å². The number of quaternary nitrogens is 1. The third kappa shape index (κ3) is 5.09. The molecule has 6 nitrogen and oxygen atoms in total. The van der Waals surface area contributed by atoms with Crippen LogP contribution in [0.1, 0.15) is 18.4 Å². The maximum absolute atomic E-state index is 13.0. The molecule has 0 radical (unpaired) electrons. The van der Waals surface area contributed by atoms with Crippen LogP contribution in [0, 0.1) is 11.8 Å². The van der Waals surface area contributed by atoms with Crippen molar-refractivity contribution in [1.82, 2.24) is 10.9 Å². The van der Waals surface area contributed by atoms with E-state index in [9.17, 15) is 9.59 Å². The van der Waals surface area contributed by atoms with Gasteiger partial charge in [-0.15, -0.1) is 0 Å². The molecule has 3 saturated heterocycles. The van der Waals surface area contributed by atoms with Gasteiger partial charge in [-0.2, -0.15) is 0 Å². The van der Waals surface area contributed by atoms with Crippen LogP contribution in [-0.2, 0) is 10.5 Å². The molecule has 5 rings (SSSR count).